The molecule has 5 nitrogen and oxygen atoms in total. The van der Waals surface area contributed by atoms with Crippen LogP contribution < -0.4 is 15.4 Å². The summed E-state index contributed by atoms with van der Waals surface area (Å²) >= 11 is 0. The Labute approximate surface area is 156 Å². The molecule has 0 unspecified atom stereocenters. The van der Waals surface area contributed by atoms with E-state index in [1.165, 1.54) is 25.3 Å². The lowest BCUT2D eigenvalue weighted by Crippen LogP contribution is -2.40. The van der Waals surface area contributed by atoms with Crippen LogP contribution in [0.25, 0.3) is 0 Å². The number of hydrogen-bond acceptors (Lipinski definition) is 3. The molecule has 2 N–H and O–H groups in total. The number of anilines is 1. The standard InChI is InChI=1S/C20H22F2N2O3/c1-20(2,3)24-19(26)13-6-5-7-14(10-13)23-16(25)11-12-8-9-15(27-4)18(22)17(12)21/h5-10H,11H2,1-4H3,(H,23,25)(H,24,26). The molecule has 0 aliphatic carbocycles. The van der Waals surface area contributed by atoms with Gasteiger partial charge in [-0.2, -0.15) is 4.39 Å². The van der Waals surface area contributed by atoms with Gasteiger partial charge >= 0.3 is 0 Å². The third-order valence-corrected chi connectivity index (χ3v) is 3.59. The van der Waals surface area contributed by atoms with Gasteiger partial charge in [-0.3, -0.25) is 9.59 Å². The first-order chi connectivity index (χ1) is 12.6. The number of benzene rings is 2. The van der Waals surface area contributed by atoms with E-state index in [9.17, 15) is 18.4 Å². The van der Waals surface area contributed by atoms with Crippen LogP contribution in [0, 0.1) is 11.6 Å². The fourth-order valence-corrected chi connectivity index (χ4v) is 2.40. The minimum absolute atomic E-state index is 0.0903. The molecule has 0 aliphatic rings. The van der Waals surface area contributed by atoms with Crippen LogP contribution in [-0.2, 0) is 11.2 Å². The van der Waals surface area contributed by atoms with E-state index in [0.717, 1.165) is 0 Å². The molecule has 0 heterocycles. The second-order valence-corrected chi connectivity index (χ2v) is 7.06. The summed E-state index contributed by atoms with van der Waals surface area (Å²) in [6.45, 7) is 5.58. The van der Waals surface area contributed by atoms with Gasteiger partial charge in [0, 0.05) is 22.4 Å². The van der Waals surface area contributed by atoms with Gasteiger partial charge in [0.25, 0.3) is 5.91 Å². The molecule has 27 heavy (non-hydrogen) atoms. The number of hydrogen-bond donors (Lipinski definition) is 2. The van der Waals surface area contributed by atoms with Crippen LogP contribution in [0.3, 0.4) is 0 Å². The van der Waals surface area contributed by atoms with Gasteiger partial charge in [0.05, 0.1) is 13.5 Å². The van der Waals surface area contributed by atoms with Gasteiger partial charge in [-0.05, 0) is 45.0 Å². The summed E-state index contributed by atoms with van der Waals surface area (Å²) in [5, 5.41) is 5.41. The molecule has 0 saturated carbocycles. The Hall–Kier alpha value is -2.96. The Balaban J connectivity index is 2.10. The molecule has 0 spiro atoms. The highest BCUT2D eigenvalue weighted by Gasteiger charge is 2.18. The van der Waals surface area contributed by atoms with Crippen LogP contribution in [-0.4, -0.2) is 24.5 Å². The SMILES string of the molecule is COc1ccc(CC(=O)Nc2cccc(C(=O)NC(C)(C)C)c2)c(F)c1F. The molecule has 0 radical (unpaired) electrons. The first-order valence-electron chi connectivity index (χ1n) is 8.34. The molecule has 7 heteroatoms. The summed E-state index contributed by atoms with van der Waals surface area (Å²) in [7, 11) is 1.23. The molecule has 2 aromatic carbocycles. The van der Waals surface area contributed by atoms with Crippen LogP contribution in [0.15, 0.2) is 36.4 Å². The minimum atomic E-state index is -1.14. The summed E-state index contributed by atoms with van der Waals surface area (Å²) < 4.78 is 32.4. The zero-order chi connectivity index (χ0) is 20.2. The first kappa shape index (κ1) is 20.4. The zero-order valence-electron chi connectivity index (χ0n) is 15.7. The molecular formula is C20H22F2N2O3. The summed E-state index contributed by atoms with van der Waals surface area (Å²) in [5.74, 6) is -3.30. The summed E-state index contributed by atoms with van der Waals surface area (Å²) in [6, 6.07) is 8.93. The van der Waals surface area contributed by atoms with Crippen LogP contribution in [0.4, 0.5) is 14.5 Å². The Morgan fingerprint density at radius 1 is 1.07 bits per heavy atom. The smallest absolute Gasteiger partial charge is 0.251 e. The van der Waals surface area contributed by atoms with Crippen molar-refractivity contribution < 1.29 is 23.1 Å². The largest absolute Gasteiger partial charge is 0.494 e. The van der Waals surface area contributed by atoms with Gasteiger partial charge in [0.15, 0.2) is 11.6 Å². The zero-order valence-corrected chi connectivity index (χ0v) is 15.7. The van der Waals surface area contributed by atoms with Crippen LogP contribution >= 0.6 is 0 Å². The number of carbonyl (C=O) groups is 2. The van der Waals surface area contributed by atoms with Crippen molar-refractivity contribution in [2.24, 2.45) is 0 Å². The number of nitrogens with one attached hydrogen (secondary N) is 2. The van der Waals surface area contributed by atoms with Gasteiger partial charge in [-0.25, -0.2) is 4.39 Å². The second kappa shape index (κ2) is 8.16. The van der Waals surface area contributed by atoms with Crippen molar-refractivity contribution in [1.82, 2.24) is 5.32 Å². The topological polar surface area (TPSA) is 67.4 Å². The first-order valence-corrected chi connectivity index (χ1v) is 8.34. The molecule has 2 amide bonds. The van der Waals surface area contributed by atoms with E-state index < -0.39 is 23.1 Å². The fraction of sp³-hybridized carbons (Fsp3) is 0.300. The molecule has 0 aliphatic heterocycles. The molecule has 2 aromatic rings. The van der Waals surface area contributed by atoms with Crippen molar-refractivity contribution in [2.75, 3.05) is 12.4 Å². The maximum Gasteiger partial charge on any atom is 0.251 e. The molecule has 0 saturated heterocycles. The highest BCUT2D eigenvalue weighted by molar-refractivity contribution is 5.97. The number of rotatable bonds is 5. The molecular weight excluding hydrogens is 354 g/mol. The molecule has 0 atom stereocenters. The van der Waals surface area contributed by atoms with Gasteiger partial charge in [0.2, 0.25) is 11.7 Å². The van der Waals surface area contributed by atoms with E-state index in [-0.39, 0.29) is 23.6 Å². The molecule has 0 fully saturated rings. The summed E-state index contributed by atoms with van der Waals surface area (Å²) in [5.41, 5.74) is 0.277. The van der Waals surface area contributed by atoms with Crippen molar-refractivity contribution in [1.29, 1.82) is 0 Å². The Bertz CT molecular complexity index is 861. The van der Waals surface area contributed by atoms with E-state index >= 15 is 0 Å². The number of ether oxygens (including phenoxy) is 1. The third-order valence-electron chi connectivity index (χ3n) is 3.59. The normalized spacial score (nSPS) is 11.0. The lowest BCUT2D eigenvalue weighted by Gasteiger charge is -2.20. The van der Waals surface area contributed by atoms with Crippen molar-refractivity contribution >= 4 is 17.5 Å². The van der Waals surface area contributed by atoms with Gasteiger partial charge in [-0.15, -0.1) is 0 Å². The van der Waals surface area contributed by atoms with Crippen molar-refractivity contribution in [3.8, 4) is 5.75 Å². The fourth-order valence-electron chi connectivity index (χ4n) is 2.40. The van der Waals surface area contributed by atoms with Crippen LogP contribution in [0.2, 0.25) is 0 Å². The average Bonchev–Trinajstić information content (AvgIpc) is 2.58. The Morgan fingerprint density at radius 3 is 2.41 bits per heavy atom. The number of amides is 2. The highest BCUT2D eigenvalue weighted by atomic mass is 19.2. The van der Waals surface area contributed by atoms with Gasteiger partial charge in [0.1, 0.15) is 0 Å². The summed E-state index contributed by atoms with van der Waals surface area (Å²) in [6.07, 6.45) is -0.356. The van der Waals surface area contributed by atoms with E-state index in [4.69, 9.17) is 4.74 Å². The van der Waals surface area contributed by atoms with Crippen molar-refractivity contribution in [3.63, 3.8) is 0 Å². The van der Waals surface area contributed by atoms with Crippen LogP contribution in [0.5, 0.6) is 5.75 Å². The maximum atomic E-state index is 14.0. The van der Waals surface area contributed by atoms with E-state index in [2.05, 4.69) is 10.6 Å². The third kappa shape index (κ3) is 5.51. The Morgan fingerprint density at radius 2 is 1.78 bits per heavy atom. The molecule has 144 valence electrons. The highest BCUT2D eigenvalue weighted by Crippen LogP contribution is 2.23. The quantitative estimate of drug-likeness (QED) is 0.836. The lowest BCUT2D eigenvalue weighted by molar-refractivity contribution is -0.115. The number of methoxy groups -OCH3 is 1. The maximum absolute atomic E-state index is 14.0. The van der Waals surface area contributed by atoms with Gasteiger partial charge in [-0.1, -0.05) is 12.1 Å². The van der Waals surface area contributed by atoms with E-state index in [1.807, 2.05) is 20.8 Å². The monoisotopic (exact) mass is 376 g/mol. The van der Waals surface area contributed by atoms with Gasteiger partial charge < -0.3 is 15.4 Å². The van der Waals surface area contributed by atoms with Crippen LogP contribution in [0.1, 0.15) is 36.7 Å². The Kier molecular flexibility index (Phi) is 6.15. The number of halogens is 2. The van der Waals surface area contributed by atoms with Crippen molar-refractivity contribution in [3.05, 3.63) is 59.2 Å². The summed E-state index contributed by atoms with van der Waals surface area (Å²) in [4.78, 5) is 24.4. The average molecular weight is 376 g/mol. The molecule has 0 bridgehead atoms. The van der Waals surface area contributed by atoms with E-state index in [1.54, 1.807) is 18.2 Å². The molecule has 0 aromatic heterocycles. The second-order valence-electron chi connectivity index (χ2n) is 7.06. The number of carbonyl (C=O) groups excluding carboxylic acids is 2. The van der Waals surface area contributed by atoms with Crippen molar-refractivity contribution in [2.45, 2.75) is 32.7 Å². The molecule has 2 rings (SSSR count). The lowest BCUT2D eigenvalue weighted by atomic mass is 10.1. The van der Waals surface area contributed by atoms with E-state index in [0.29, 0.717) is 11.3 Å². The predicted octanol–water partition coefficient (Wildman–Crippen LogP) is 3.68. The minimum Gasteiger partial charge on any atom is -0.494 e. The predicted molar refractivity (Wildman–Crippen MR) is 98.9 cm³/mol.